The molecular formula is C23H25N5O2. The molecular weight excluding hydrogens is 378 g/mol. The first kappa shape index (κ1) is 17.7. The molecule has 0 saturated heterocycles. The summed E-state index contributed by atoms with van der Waals surface area (Å²) in [4.78, 5) is 30.2. The van der Waals surface area contributed by atoms with Crippen LogP contribution in [0.4, 0.5) is 11.5 Å². The molecule has 3 heterocycles. The van der Waals surface area contributed by atoms with Crippen LogP contribution in [0.2, 0.25) is 0 Å². The minimum Gasteiger partial charge on any atom is -0.338 e. The summed E-state index contributed by atoms with van der Waals surface area (Å²) in [6.45, 7) is 1.52. The third-order valence-electron chi connectivity index (χ3n) is 6.77. The van der Waals surface area contributed by atoms with Crippen molar-refractivity contribution < 1.29 is 4.79 Å². The number of pyridine rings is 1. The maximum Gasteiger partial charge on any atom is 0.261 e. The van der Waals surface area contributed by atoms with E-state index in [1.807, 2.05) is 33.8 Å². The van der Waals surface area contributed by atoms with Crippen molar-refractivity contribution >= 4 is 28.3 Å². The molecule has 7 heteroatoms. The highest BCUT2D eigenvalue weighted by atomic mass is 16.2. The number of hydrogen-bond acceptors (Lipinski definition) is 4. The van der Waals surface area contributed by atoms with Crippen LogP contribution in [-0.2, 0) is 13.1 Å². The molecule has 2 N–H and O–H groups in total. The minimum atomic E-state index is -0.138. The Morgan fingerprint density at radius 2 is 1.93 bits per heavy atom. The van der Waals surface area contributed by atoms with Gasteiger partial charge >= 0.3 is 0 Å². The number of rotatable bonds is 5. The van der Waals surface area contributed by atoms with E-state index in [4.69, 9.17) is 5.10 Å². The fourth-order valence-electron chi connectivity index (χ4n) is 4.98. The van der Waals surface area contributed by atoms with Crippen LogP contribution in [0.3, 0.4) is 0 Å². The van der Waals surface area contributed by atoms with Gasteiger partial charge < -0.3 is 15.2 Å². The summed E-state index contributed by atoms with van der Waals surface area (Å²) < 4.78 is 1.95. The van der Waals surface area contributed by atoms with Gasteiger partial charge in [-0.05, 0) is 61.4 Å². The van der Waals surface area contributed by atoms with E-state index in [2.05, 4.69) is 10.3 Å². The zero-order valence-electron chi connectivity index (χ0n) is 16.9. The standard InChI is InChI=1S/C23H25N5O2/c29-22-20-19(9-10-24-22)28(12-14-5-6-14)26-21(20)25-16-7-8-18-15(11-16)13-27(23(18)30)17-3-1-2-4-17/h7-11,14,17H,1-6,12-13H2,(H,24,29)(H,25,26). The second kappa shape index (κ2) is 6.72. The van der Waals surface area contributed by atoms with Crippen LogP contribution in [-0.4, -0.2) is 31.6 Å². The Morgan fingerprint density at radius 3 is 2.73 bits per heavy atom. The average Bonchev–Trinajstić information content (AvgIpc) is 3.12. The van der Waals surface area contributed by atoms with Gasteiger partial charge in [-0.2, -0.15) is 5.10 Å². The first-order chi connectivity index (χ1) is 14.7. The van der Waals surface area contributed by atoms with Gasteiger partial charge in [-0.1, -0.05) is 12.8 Å². The van der Waals surface area contributed by atoms with Gasteiger partial charge in [0.1, 0.15) is 5.39 Å². The van der Waals surface area contributed by atoms with E-state index in [9.17, 15) is 9.59 Å². The SMILES string of the molecule is O=C1c2ccc(Nc3nn(CC4CC4)c4cc[nH]c(=O)c34)cc2CN1C1CCCC1. The first-order valence-corrected chi connectivity index (χ1v) is 11.0. The lowest BCUT2D eigenvalue weighted by Crippen LogP contribution is -2.33. The lowest BCUT2D eigenvalue weighted by Gasteiger charge is -2.23. The molecule has 1 aliphatic heterocycles. The van der Waals surface area contributed by atoms with E-state index in [1.54, 1.807) is 6.20 Å². The number of nitrogens with zero attached hydrogens (tertiary/aromatic N) is 3. The van der Waals surface area contributed by atoms with Crippen LogP contribution in [0.1, 0.15) is 54.4 Å². The van der Waals surface area contributed by atoms with Gasteiger partial charge in [-0.15, -0.1) is 0 Å². The molecule has 0 spiro atoms. The van der Waals surface area contributed by atoms with E-state index in [1.165, 1.54) is 25.7 Å². The smallest absolute Gasteiger partial charge is 0.261 e. The third kappa shape index (κ3) is 2.91. The number of benzene rings is 1. The van der Waals surface area contributed by atoms with Crippen molar-refractivity contribution in [2.75, 3.05) is 5.32 Å². The summed E-state index contributed by atoms with van der Waals surface area (Å²) in [5, 5.41) is 8.65. The molecule has 3 aromatic rings. The fraction of sp³-hybridized carbons (Fsp3) is 0.435. The normalized spacial score (nSPS) is 19.1. The molecule has 1 aromatic carbocycles. The van der Waals surface area contributed by atoms with Gasteiger partial charge in [0, 0.05) is 36.6 Å². The Labute approximate surface area is 174 Å². The van der Waals surface area contributed by atoms with Crippen molar-refractivity contribution in [2.45, 2.75) is 57.7 Å². The highest BCUT2D eigenvalue weighted by molar-refractivity contribution is 5.99. The molecule has 0 unspecified atom stereocenters. The summed E-state index contributed by atoms with van der Waals surface area (Å²) in [5.74, 6) is 1.39. The van der Waals surface area contributed by atoms with E-state index in [-0.39, 0.29) is 11.5 Å². The van der Waals surface area contributed by atoms with Crippen molar-refractivity contribution in [1.29, 1.82) is 0 Å². The second-order valence-corrected chi connectivity index (χ2v) is 8.91. The van der Waals surface area contributed by atoms with Gasteiger partial charge in [-0.25, -0.2) is 0 Å². The minimum absolute atomic E-state index is 0.138. The Hall–Kier alpha value is -3.09. The second-order valence-electron chi connectivity index (χ2n) is 8.91. The van der Waals surface area contributed by atoms with Gasteiger partial charge in [0.15, 0.2) is 5.82 Å². The van der Waals surface area contributed by atoms with E-state index in [0.717, 1.165) is 41.7 Å². The zero-order chi connectivity index (χ0) is 20.2. The zero-order valence-corrected chi connectivity index (χ0v) is 16.9. The van der Waals surface area contributed by atoms with Crippen molar-refractivity contribution in [2.24, 2.45) is 5.92 Å². The maximum atomic E-state index is 12.8. The molecule has 0 atom stereocenters. The van der Waals surface area contributed by atoms with E-state index in [0.29, 0.717) is 29.7 Å². The number of hydrogen-bond donors (Lipinski definition) is 2. The largest absolute Gasteiger partial charge is 0.338 e. The molecule has 2 saturated carbocycles. The maximum absolute atomic E-state index is 12.8. The Bertz CT molecular complexity index is 1200. The topological polar surface area (TPSA) is 83.0 Å². The average molecular weight is 403 g/mol. The van der Waals surface area contributed by atoms with Crippen LogP contribution in [0.15, 0.2) is 35.3 Å². The van der Waals surface area contributed by atoms with Crippen LogP contribution >= 0.6 is 0 Å². The van der Waals surface area contributed by atoms with Crippen LogP contribution in [0, 0.1) is 5.92 Å². The van der Waals surface area contributed by atoms with Gasteiger partial charge in [0.05, 0.1) is 5.52 Å². The summed E-state index contributed by atoms with van der Waals surface area (Å²) in [5.41, 5.74) is 3.43. The third-order valence-corrected chi connectivity index (χ3v) is 6.77. The number of aromatic amines is 1. The van der Waals surface area contributed by atoms with Gasteiger partial charge in [0.25, 0.3) is 11.5 Å². The molecule has 1 amide bonds. The predicted molar refractivity (Wildman–Crippen MR) is 115 cm³/mol. The molecule has 7 nitrogen and oxygen atoms in total. The summed E-state index contributed by atoms with van der Waals surface area (Å²) in [6, 6.07) is 8.14. The number of fused-ring (bicyclic) bond motifs is 2. The highest BCUT2D eigenvalue weighted by Crippen LogP contribution is 2.35. The lowest BCUT2D eigenvalue weighted by atomic mass is 10.1. The van der Waals surface area contributed by atoms with Crippen molar-refractivity contribution in [1.82, 2.24) is 19.7 Å². The highest BCUT2D eigenvalue weighted by Gasteiger charge is 2.34. The van der Waals surface area contributed by atoms with Gasteiger partial charge in [0.2, 0.25) is 0 Å². The number of anilines is 2. The number of carbonyl (C=O) groups is 1. The van der Waals surface area contributed by atoms with E-state index < -0.39 is 0 Å². The van der Waals surface area contributed by atoms with Gasteiger partial charge in [-0.3, -0.25) is 14.3 Å². The van der Waals surface area contributed by atoms with Crippen LogP contribution in [0.25, 0.3) is 10.9 Å². The number of H-pyrrole nitrogens is 1. The molecule has 0 radical (unpaired) electrons. The Balaban J connectivity index is 1.32. The molecule has 0 bridgehead atoms. The van der Waals surface area contributed by atoms with Crippen LogP contribution in [0.5, 0.6) is 0 Å². The summed E-state index contributed by atoms with van der Waals surface area (Å²) in [6.07, 6.45) is 8.77. The number of amides is 1. The monoisotopic (exact) mass is 403 g/mol. The quantitative estimate of drug-likeness (QED) is 0.679. The number of carbonyl (C=O) groups excluding carboxylic acids is 1. The molecule has 2 aliphatic carbocycles. The van der Waals surface area contributed by atoms with Crippen molar-refractivity contribution in [3.05, 3.63) is 51.9 Å². The molecule has 3 aliphatic rings. The lowest BCUT2D eigenvalue weighted by molar-refractivity contribution is 0.0707. The molecule has 30 heavy (non-hydrogen) atoms. The van der Waals surface area contributed by atoms with Crippen molar-refractivity contribution in [3.8, 4) is 0 Å². The molecule has 2 fully saturated rings. The summed E-state index contributed by atoms with van der Waals surface area (Å²) in [7, 11) is 0. The molecule has 6 rings (SSSR count). The number of nitrogens with one attached hydrogen (secondary N) is 2. The van der Waals surface area contributed by atoms with Crippen molar-refractivity contribution in [3.63, 3.8) is 0 Å². The van der Waals surface area contributed by atoms with Crippen LogP contribution < -0.4 is 10.9 Å². The fourth-order valence-corrected chi connectivity index (χ4v) is 4.98. The Morgan fingerprint density at radius 1 is 1.10 bits per heavy atom. The number of aromatic nitrogens is 3. The molecule has 154 valence electrons. The van der Waals surface area contributed by atoms with E-state index >= 15 is 0 Å². The predicted octanol–water partition coefficient (Wildman–Crippen LogP) is 3.78. The first-order valence-electron chi connectivity index (χ1n) is 11.0. The Kier molecular flexibility index (Phi) is 3.97. The summed E-state index contributed by atoms with van der Waals surface area (Å²) >= 11 is 0. The molecule has 2 aromatic heterocycles.